The van der Waals surface area contributed by atoms with Crippen LogP contribution in [0.1, 0.15) is 23.7 Å². The number of carbonyl (C=O) groups is 1. The van der Waals surface area contributed by atoms with Gasteiger partial charge in [0.25, 0.3) is 5.91 Å². The fraction of sp³-hybridized carbons (Fsp3) is 0.259. The number of halogens is 4. The summed E-state index contributed by atoms with van der Waals surface area (Å²) < 4.78 is 81.9. The number of fused-ring (bicyclic) bond motifs is 1. The maximum absolute atomic E-state index is 13.6. The Bertz CT molecular complexity index is 1670. The molecule has 4 aromatic rings. The molecule has 1 fully saturated rings. The molecule has 0 bridgehead atoms. The van der Waals surface area contributed by atoms with Gasteiger partial charge >= 0.3 is 6.18 Å². The maximum Gasteiger partial charge on any atom is 0.422 e. The lowest BCUT2D eigenvalue weighted by Gasteiger charge is -2.23. The van der Waals surface area contributed by atoms with E-state index in [0.29, 0.717) is 34.3 Å². The Morgan fingerprint density at radius 3 is 2.51 bits per heavy atom. The summed E-state index contributed by atoms with van der Waals surface area (Å²) in [7, 11) is -3.24. The second-order valence-corrected chi connectivity index (χ2v) is 11.9. The van der Waals surface area contributed by atoms with Gasteiger partial charge in [-0.2, -0.15) is 18.3 Å². The number of alkyl halides is 3. The first-order valence-corrected chi connectivity index (χ1v) is 13.7. The number of carbonyl (C=O) groups excluding carboxylic acids is 1. The van der Waals surface area contributed by atoms with Crippen LogP contribution < -0.4 is 10.1 Å². The van der Waals surface area contributed by atoms with E-state index >= 15 is 0 Å². The van der Waals surface area contributed by atoms with Gasteiger partial charge < -0.3 is 10.1 Å². The fourth-order valence-corrected chi connectivity index (χ4v) is 6.70. The quantitative estimate of drug-likeness (QED) is 0.332. The first kappa shape index (κ1) is 26.7. The minimum Gasteiger partial charge on any atom is -0.484 e. The van der Waals surface area contributed by atoms with Gasteiger partial charge in [0.15, 0.2) is 16.4 Å². The molecule has 1 N–H and O–H groups in total. The third kappa shape index (κ3) is 5.90. The summed E-state index contributed by atoms with van der Waals surface area (Å²) in [5.74, 6) is -1.07. The Balaban J connectivity index is 1.56. The Morgan fingerprint density at radius 2 is 1.85 bits per heavy atom. The fourth-order valence-electron chi connectivity index (χ4n) is 4.60. The molecule has 1 unspecified atom stereocenters. The summed E-state index contributed by atoms with van der Waals surface area (Å²) in [5, 5.41) is 8.06. The molecular weight excluding hydrogens is 538 g/mol. The first-order chi connectivity index (χ1) is 18.3. The average Bonchev–Trinajstić information content (AvgIpc) is 3.38. The molecule has 3 aromatic carbocycles. The van der Waals surface area contributed by atoms with Gasteiger partial charge in [0, 0.05) is 16.5 Å². The molecule has 1 amide bonds. The van der Waals surface area contributed by atoms with E-state index in [0.717, 1.165) is 0 Å². The van der Waals surface area contributed by atoms with Gasteiger partial charge in [0.1, 0.15) is 17.3 Å². The highest BCUT2D eigenvalue weighted by molar-refractivity contribution is 7.91. The van der Waals surface area contributed by atoms with Gasteiger partial charge in [0.05, 0.1) is 28.2 Å². The van der Waals surface area contributed by atoms with Crippen LogP contribution in [0.4, 0.5) is 17.6 Å². The molecule has 1 saturated heterocycles. The molecule has 204 valence electrons. The van der Waals surface area contributed by atoms with Crippen LogP contribution in [0, 0.1) is 5.82 Å². The highest BCUT2D eigenvalue weighted by Crippen LogP contribution is 2.33. The SMILES string of the molecule is CC1(NC(=O)c2ccc3c(-c4cccc(OCC(F)(F)F)c4)nn(-c4ccc(F)cc4)c3c2)CCS(=O)(=O)C1. The number of nitrogens with zero attached hydrogens (tertiary/aromatic N) is 2. The first-order valence-electron chi connectivity index (χ1n) is 11.9. The lowest BCUT2D eigenvalue weighted by atomic mass is 10.0. The zero-order valence-electron chi connectivity index (χ0n) is 20.6. The van der Waals surface area contributed by atoms with Crippen LogP contribution in [-0.4, -0.2) is 53.9 Å². The molecule has 1 aliphatic rings. The van der Waals surface area contributed by atoms with Crippen LogP contribution in [-0.2, 0) is 9.84 Å². The van der Waals surface area contributed by atoms with Crippen molar-refractivity contribution in [3.63, 3.8) is 0 Å². The molecule has 39 heavy (non-hydrogen) atoms. The van der Waals surface area contributed by atoms with E-state index in [2.05, 4.69) is 10.4 Å². The van der Waals surface area contributed by atoms with Crippen LogP contribution in [0.15, 0.2) is 66.7 Å². The van der Waals surface area contributed by atoms with Crippen LogP contribution in [0.2, 0.25) is 0 Å². The van der Waals surface area contributed by atoms with Crippen LogP contribution in [0.25, 0.3) is 27.8 Å². The predicted octanol–water partition coefficient (Wildman–Crippen LogP) is 5.08. The van der Waals surface area contributed by atoms with Crippen LogP contribution in [0.3, 0.4) is 0 Å². The molecule has 0 saturated carbocycles. The van der Waals surface area contributed by atoms with Gasteiger partial charge in [-0.15, -0.1) is 0 Å². The van der Waals surface area contributed by atoms with Crippen molar-refractivity contribution in [3.05, 3.63) is 78.1 Å². The number of amides is 1. The normalized spacial score (nSPS) is 18.8. The van der Waals surface area contributed by atoms with Gasteiger partial charge in [-0.05, 0) is 67.9 Å². The van der Waals surface area contributed by atoms with Crippen molar-refractivity contribution in [1.82, 2.24) is 15.1 Å². The average molecular weight is 562 g/mol. The van der Waals surface area contributed by atoms with E-state index in [4.69, 9.17) is 4.74 Å². The lowest BCUT2D eigenvalue weighted by Crippen LogP contribution is -2.46. The molecule has 0 aliphatic carbocycles. The smallest absolute Gasteiger partial charge is 0.422 e. The van der Waals surface area contributed by atoms with E-state index in [-0.39, 0.29) is 22.8 Å². The summed E-state index contributed by atoms with van der Waals surface area (Å²) >= 11 is 0. The van der Waals surface area contributed by atoms with Gasteiger partial charge in [-0.25, -0.2) is 17.5 Å². The third-order valence-electron chi connectivity index (χ3n) is 6.44. The molecule has 1 atom stereocenters. The molecular formula is C27H23F4N3O4S. The summed E-state index contributed by atoms with van der Waals surface area (Å²) in [6.07, 6.45) is -4.20. The molecule has 0 spiro atoms. The van der Waals surface area contributed by atoms with Crippen molar-refractivity contribution in [2.75, 3.05) is 18.1 Å². The molecule has 1 aromatic heterocycles. The van der Waals surface area contributed by atoms with Crippen molar-refractivity contribution in [1.29, 1.82) is 0 Å². The third-order valence-corrected chi connectivity index (χ3v) is 8.35. The van der Waals surface area contributed by atoms with Crippen molar-refractivity contribution < 1.29 is 35.5 Å². The topological polar surface area (TPSA) is 90.3 Å². The molecule has 1 aliphatic heterocycles. The molecule has 7 nitrogen and oxygen atoms in total. The molecule has 0 radical (unpaired) electrons. The molecule has 2 heterocycles. The second kappa shape index (κ2) is 9.67. The van der Waals surface area contributed by atoms with Crippen molar-refractivity contribution in [3.8, 4) is 22.7 Å². The number of aromatic nitrogens is 2. The molecule has 5 rings (SSSR count). The van der Waals surface area contributed by atoms with Gasteiger partial charge in [0.2, 0.25) is 0 Å². The number of hydrogen-bond donors (Lipinski definition) is 1. The summed E-state index contributed by atoms with van der Waals surface area (Å²) in [6.45, 7) is 0.239. The largest absolute Gasteiger partial charge is 0.484 e. The minimum absolute atomic E-state index is 0.00469. The Kier molecular flexibility index (Phi) is 6.61. The van der Waals surface area contributed by atoms with Crippen LogP contribution in [0.5, 0.6) is 5.75 Å². The monoisotopic (exact) mass is 561 g/mol. The van der Waals surface area contributed by atoms with Crippen LogP contribution >= 0.6 is 0 Å². The summed E-state index contributed by atoms with van der Waals surface area (Å²) in [6, 6.07) is 16.4. The Hall–Kier alpha value is -3.93. The summed E-state index contributed by atoms with van der Waals surface area (Å²) in [5.41, 5.74) is 1.21. The minimum atomic E-state index is -4.50. The van der Waals surface area contributed by atoms with E-state index in [9.17, 15) is 30.8 Å². The number of nitrogens with one attached hydrogen (secondary N) is 1. The highest BCUT2D eigenvalue weighted by Gasteiger charge is 2.39. The zero-order valence-corrected chi connectivity index (χ0v) is 21.4. The van der Waals surface area contributed by atoms with Gasteiger partial charge in [-0.1, -0.05) is 12.1 Å². The highest BCUT2D eigenvalue weighted by atomic mass is 32.2. The van der Waals surface area contributed by atoms with E-state index in [1.807, 2.05) is 0 Å². The number of benzene rings is 3. The Morgan fingerprint density at radius 1 is 1.10 bits per heavy atom. The standard InChI is InChI=1S/C27H23F4N3O4S/c1-26(11-12-39(36,37)16-26)32-25(35)18-5-10-22-23(14-18)34(20-8-6-19(28)7-9-20)33-24(22)17-3-2-4-21(13-17)38-15-27(29,30)31/h2-10,13-14H,11-12,15-16H2,1H3,(H,32,35). The zero-order chi connectivity index (χ0) is 28.0. The number of hydrogen-bond acceptors (Lipinski definition) is 5. The summed E-state index contributed by atoms with van der Waals surface area (Å²) in [4.78, 5) is 13.1. The Labute approximate surface area is 221 Å². The van der Waals surface area contributed by atoms with E-state index in [1.54, 1.807) is 37.3 Å². The van der Waals surface area contributed by atoms with Crippen molar-refractivity contribution in [2.24, 2.45) is 0 Å². The van der Waals surface area contributed by atoms with E-state index in [1.165, 1.54) is 41.1 Å². The molecule has 12 heteroatoms. The number of sulfone groups is 1. The number of rotatable bonds is 6. The van der Waals surface area contributed by atoms with Gasteiger partial charge in [-0.3, -0.25) is 4.79 Å². The lowest BCUT2D eigenvalue weighted by molar-refractivity contribution is -0.153. The predicted molar refractivity (Wildman–Crippen MR) is 137 cm³/mol. The van der Waals surface area contributed by atoms with E-state index < -0.39 is 39.9 Å². The van der Waals surface area contributed by atoms with Crippen molar-refractivity contribution in [2.45, 2.75) is 25.1 Å². The van der Waals surface area contributed by atoms with Crippen molar-refractivity contribution >= 4 is 26.6 Å². The number of ether oxygens (including phenoxy) is 1. The second-order valence-electron chi connectivity index (χ2n) is 9.76. The maximum atomic E-state index is 13.6.